The Balaban J connectivity index is 3.18. The van der Waals surface area contributed by atoms with E-state index in [1.807, 2.05) is 13.8 Å². The summed E-state index contributed by atoms with van der Waals surface area (Å²) >= 11 is 4.10. The van der Waals surface area contributed by atoms with Gasteiger partial charge in [0.15, 0.2) is 0 Å². The van der Waals surface area contributed by atoms with Gasteiger partial charge in [0.05, 0.1) is 0 Å². The number of thiol groups is 1. The van der Waals surface area contributed by atoms with Crippen LogP contribution < -0.4 is 0 Å². The van der Waals surface area contributed by atoms with Crippen LogP contribution in [0.3, 0.4) is 0 Å². The van der Waals surface area contributed by atoms with Crippen LogP contribution in [-0.2, 0) is 8.85 Å². The molecule has 0 aliphatic carbocycles. The van der Waals surface area contributed by atoms with Crippen LogP contribution in [0.1, 0.15) is 13.8 Å². The minimum absolute atomic E-state index is 0.747. The Morgan fingerprint density at radius 2 is 1.67 bits per heavy atom. The van der Waals surface area contributed by atoms with Gasteiger partial charge in [-0.05, 0) is 13.8 Å². The van der Waals surface area contributed by atoms with Gasteiger partial charge in [0.1, 0.15) is 0 Å². The Hall–Kier alpha value is 0.487. The van der Waals surface area contributed by atoms with E-state index in [2.05, 4.69) is 12.6 Å². The van der Waals surface area contributed by atoms with Crippen molar-refractivity contribution in [2.24, 2.45) is 0 Å². The lowest BCUT2D eigenvalue weighted by molar-refractivity contribution is 0.219. The van der Waals surface area contributed by atoms with Crippen LogP contribution in [0.25, 0.3) is 0 Å². The fourth-order valence-corrected chi connectivity index (χ4v) is 2.21. The zero-order chi connectivity index (χ0) is 7.11. The van der Waals surface area contributed by atoms with E-state index in [0.29, 0.717) is 0 Å². The van der Waals surface area contributed by atoms with Crippen molar-refractivity contribution in [3.63, 3.8) is 0 Å². The van der Waals surface area contributed by atoms with Crippen molar-refractivity contribution in [1.82, 2.24) is 0 Å². The van der Waals surface area contributed by atoms with Crippen LogP contribution in [0.2, 0.25) is 0 Å². The zero-order valence-corrected chi connectivity index (χ0v) is 8.01. The summed E-state index contributed by atoms with van der Waals surface area (Å²) in [6, 6.07) is 0. The zero-order valence-electron chi connectivity index (χ0n) is 5.96. The summed E-state index contributed by atoms with van der Waals surface area (Å²) in [6.07, 6.45) is 0. The maximum absolute atomic E-state index is 5.27. The Bertz CT molecular complexity index is 56.9. The first kappa shape index (κ1) is 9.49. The Morgan fingerprint density at radius 3 is 1.89 bits per heavy atom. The molecule has 0 heterocycles. The molecule has 0 amide bonds. The molecule has 0 N–H and O–H groups in total. The van der Waals surface area contributed by atoms with Crippen LogP contribution in [0.15, 0.2) is 0 Å². The van der Waals surface area contributed by atoms with Gasteiger partial charge < -0.3 is 8.85 Å². The molecule has 0 aromatic rings. The lowest BCUT2D eigenvalue weighted by Gasteiger charge is -2.10. The smallest absolute Gasteiger partial charge is 0.331 e. The molecule has 0 aromatic heterocycles. The summed E-state index contributed by atoms with van der Waals surface area (Å²) in [7, 11) is -1.35. The van der Waals surface area contributed by atoms with Gasteiger partial charge in [-0.25, -0.2) is 0 Å². The molecule has 0 bridgehead atoms. The van der Waals surface area contributed by atoms with Gasteiger partial charge in [0.25, 0.3) is 0 Å². The molecular weight excluding hydrogens is 152 g/mol. The third-order valence-corrected chi connectivity index (χ3v) is 3.46. The SMILES string of the molecule is CCO[SiH](CS)OCC. The van der Waals surface area contributed by atoms with E-state index in [-0.39, 0.29) is 0 Å². The second-order valence-electron chi connectivity index (χ2n) is 1.52. The van der Waals surface area contributed by atoms with Gasteiger partial charge >= 0.3 is 9.28 Å². The summed E-state index contributed by atoms with van der Waals surface area (Å²) < 4.78 is 10.5. The average molecular weight is 166 g/mol. The molecule has 0 radical (unpaired) electrons. The highest BCUT2D eigenvalue weighted by Gasteiger charge is 2.07. The molecule has 0 aliphatic heterocycles. The second kappa shape index (κ2) is 6.60. The van der Waals surface area contributed by atoms with Gasteiger partial charge in [-0.15, -0.1) is 0 Å². The highest BCUT2D eigenvalue weighted by atomic mass is 32.1. The Morgan fingerprint density at radius 1 is 1.22 bits per heavy atom. The Kier molecular flexibility index (Phi) is 6.96. The van der Waals surface area contributed by atoms with Crippen LogP contribution in [0.4, 0.5) is 0 Å². The fraction of sp³-hybridized carbons (Fsp3) is 1.00. The molecule has 0 rings (SSSR count). The van der Waals surface area contributed by atoms with Crippen molar-refractivity contribution in [1.29, 1.82) is 0 Å². The molecule has 2 nitrogen and oxygen atoms in total. The first-order valence-electron chi connectivity index (χ1n) is 3.19. The minimum Gasteiger partial charge on any atom is -0.396 e. The predicted molar refractivity (Wildman–Crippen MR) is 44.3 cm³/mol. The summed E-state index contributed by atoms with van der Waals surface area (Å²) in [5, 5.41) is 0.766. The number of hydrogen-bond donors (Lipinski definition) is 1. The predicted octanol–water partition coefficient (Wildman–Crippen LogP) is 0.749. The summed E-state index contributed by atoms with van der Waals surface area (Å²) in [5.41, 5.74) is 0. The van der Waals surface area contributed by atoms with Crippen molar-refractivity contribution in [3.05, 3.63) is 0 Å². The summed E-state index contributed by atoms with van der Waals surface area (Å²) in [4.78, 5) is 0. The lowest BCUT2D eigenvalue weighted by atomic mass is 10.9. The van der Waals surface area contributed by atoms with E-state index in [9.17, 15) is 0 Å². The molecule has 0 fully saturated rings. The van der Waals surface area contributed by atoms with Crippen LogP contribution in [-0.4, -0.2) is 27.9 Å². The fourth-order valence-electron chi connectivity index (χ4n) is 0.525. The normalized spacial score (nSPS) is 10.7. The highest BCUT2D eigenvalue weighted by molar-refractivity contribution is 7.81. The van der Waals surface area contributed by atoms with E-state index in [1.165, 1.54) is 0 Å². The molecule has 0 atom stereocenters. The van der Waals surface area contributed by atoms with E-state index in [0.717, 1.165) is 18.6 Å². The van der Waals surface area contributed by atoms with Crippen molar-refractivity contribution in [2.75, 3.05) is 18.6 Å². The van der Waals surface area contributed by atoms with E-state index in [1.54, 1.807) is 0 Å². The molecule has 0 spiro atoms. The quantitative estimate of drug-likeness (QED) is 0.480. The second-order valence-corrected chi connectivity index (χ2v) is 4.51. The first-order chi connectivity index (χ1) is 4.35. The van der Waals surface area contributed by atoms with Crippen LogP contribution in [0.5, 0.6) is 0 Å². The molecule has 0 saturated carbocycles. The highest BCUT2D eigenvalue weighted by Crippen LogP contribution is 1.91. The molecule has 0 saturated heterocycles. The molecule has 4 heteroatoms. The topological polar surface area (TPSA) is 18.5 Å². The summed E-state index contributed by atoms with van der Waals surface area (Å²) in [6.45, 7) is 5.44. The maximum atomic E-state index is 5.27. The van der Waals surface area contributed by atoms with Gasteiger partial charge in [0, 0.05) is 18.6 Å². The van der Waals surface area contributed by atoms with Gasteiger partial charge in [-0.3, -0.25) is 0 Å². The van der Waals surface area contributed by atoms with Gasteiger partial charge in [0.2, 0.25) is 0 Å². The molecule has 0 aromatic carbocycles. The van der Waals surface area contributed by atoms with Crippen LogP contribution in [0, 0.1) is 0 Å². The third kappa shape index (κ3) is 4.96. The molecule has 0 unspecified atom stereocenters. The number of rotatable bonds is 5. The van der Waals surface area contributed by atoms with Crippen LogP contribution >= 0.6 is 12.6 Å². The van der Waals surface area contributed by atoms with E-state index >= 15 is 0 Å². The lowest BCUT2D eigenvalue weighted by Crippen LogP contribution is -2.25. The van der Waals surface area contributed by atoms with E-state index < -0.39 is 9.28 Å². The molecule has 0 aliphatic rings. The molecule has 9 heavy (non-hydrogen) atoms. The number of hydrogen-bond acceptors (Lipinski definition) is 3. The molecule has 56 valence electrons. The first-order valence-corrected chi connectivity index (χ1v) is 5.58. The van der Waals surface area contributed by atoms with Crippen molar-refractivity contribution < 1.29 is 8.85 Å². The summed E-state index contributed by atoms with van der Waals surface area (Å²) in [5.74, 6) is 0. The monoisotopic (exact) mass is 166 g/mol. The van der Waals surface area contributed by atoms with Gasteiger partial charge in [-0.2, -0.15) is 12.6 Å². The van der Waals surface area contributed by atoms with Gasteiger partial charge in [-0.1, -0.05) is 0 Å². The third-order valence-electron chi connectivity index (χ3n) is 0.854. The maximum Gasteiger partial charge on any atom is 0.331 e. The standard InChI is InChI=1S/C5H14O2SSi/c1-3-6-9(5-8)7-4-2/h8-9H,3-5H2,1-2H3. The Labute approximate surface area is 63.8 Å². The van der Waals surface area contributed by atoms with Crippen molar-refractivity contribution >= 4 is 21.9 Å². The largest absolute Gasteiger partial charge is 0.396 e. The average Bonchev–Trinajstić information content (AvgIpc) is 1.88. The van der Waals surface area contributed by atoms with Crippen molar-refractivity contribution in [3.8, 4) is 0 Å². The minimum atomic E-state index is -1.35. The van der Waals surface area contributed by atoms with Crippen molar-refractivity contribution in [2.45, 2.75) is 13.8 Å². The van der Waals surface area contributed by atoms with E-state index in [4.69, 9.17) is 8.85 Å². The molecular formula is C5H14O2SSi.